The van der Waals surface area contributed by atoms with Crippen LogP contribution in [0.1, 0.15) is 6.92 Å². The highest BCUT2D eigenvalue weighted by Gasteiger charge is 2.00. The summed E-state index contributed by atoms with van der Waals surface area (Å²) in [4.78, 5) is 0.964. The topological polar surface area (TPSA) is 12.0 Å². The Morgan fingerprint density at radius 1 is 1.42 bits per heavy atom. The van der Waals surface area contributed by atoms with E-state index in [1.165, 1.54) is 11.9 Å². The van der Waals surface area contributed by atoms with Crippen molar-refractivity contribution in [1.29, 1.82) is 0 Å². The van der Waals surface area contributed by atoms with Crippen LogP contribution in [-0.4, -0.2) is 6.54 Å². The predicted molar refractivity (Wildman–Crippen MR) is 56.0 cm³/mol. The molecule has 1 nitrogen and oxygen atoms in total. The Bertz CT molecular complexity index is 265. The van der Waals surface area contributed by atoms with E-state index < -0.39 is 0 Å². The molecule has 66 valence electrons. The summed E-state index contributed by atoms with van der Waals surface area (Å²) < 4.78 is 3.11. The molecule has 0 heterocycles. The molecular weight excluding hydrogens is 213 g/mol. The van der Waals surface area contributed by atoms with E-state index in [1.807, 2.05) is 13.0 Å². The molecule has 0 saturated heterocycles. The third-order valence-electron chi connectivity index (χ3n) is 1.22. The van der Waals surface area contributed by atoms with Crippen molar-refractivity contribution in [2.24, 2.45) is 0 Å². The lowest BCUT2D eigenvalue weighted by atomic mass is 10.4. The second kappa shape index (κ2) is 4.97. The van der Waals surface area contributed by atoms with Gasteiger partial charge in [-0.05, 0) is 30.1 Å². The van der Waals surface area contributed by atoms with E-state index in [0.717, 1.165) is 16.5 Å². The third kappa shape index (κ3) is 2.87. The first-order valence-electron chi connectivity index (χ1n) is 3.58. The summed E-state index contributed by atoms with van der Waals surface area (Å²) in [6.45, 7) is 2.93. The molecule has 0 fully saturated rings. The van der Waals surface area contributed by atoms with Crippen molar-refractivity contribution < 1.29 is 0 Å². The van der Waals surface area contributed by atoms with Gasteiger partial charge in [0, 0.05) is 16.5 Å². The maximum atomic E-state index is 5.91. The quantitative estimate of drug-likeness (QED) is 0.784. The summed E-state index contributed by atoms with van der Waals surface area (Å²) in [6.07, 6.45) is 0. The van der Waals surface area contributed by atoms with Gasteiger partial charge in [-0.3, -0.25) is 4.72 Å². The maximum absolute atomic E-state index is 5.91. The lowest BCUT2D eigenvalue weighted by Gasteiger charge is -2.03. The summed E-state index contributed by atoms with van der Waals surface area (Å²) in [5, 5.41) is 1.44. The second-order valence-electron chi connectivity index (χ2n) is 2.17. The number of benzene rings is 1. The van der Waals surface area contributed by atoms with Crippen molar-refractivity contribution in [1.82, 2.24) is 4.72 Å². The Kier molecular flexibility index (Phi) is 4.22. The Labute approximate surface area is 86.6 Å². The van der Waals surface area contributed by atoms with Crippen molar-refractivity contribution in [3.05, 3.63) is 28.2 Å². The van der Waals surface area contributed by atoms with Crippen molar-refractivity contribution in [3.63, 3.8) is 0 Å². The van der Waals surface area contributed by atoms with Gasteiger partial charge >= 0.3 is 0 Å². The zero-order valence-electron chi connectivity index (χ0n) is 6.60. The Balaban J connectivity index is 2.75. The van der Waals surface area contributed by atoms with Gasteiger partial charge in [0.1, 0.15) is 0 Å². The Morgan fingerprint density at radius 3 is 2.83 bits per heavy atom. The molecule has 0 aliphatic heterocycles. The summed E-state index contributed by atoms with van der Waals surface area (Å²) in [6, 6.07) is 5.42. The average molecular weight is 222 g/mol. The molecule has 0 radical (unpaired) electrons. The number of hydrogen-bond donors (Lipinski definition) is 1. The fraction of sp³-hybridized carbons (Fsp3) is 0.250. The van der Waals surface area contributed by atoms with Gasteiger partial charge in [0.05, 0.1) is 5.02 Å². The minimum atomic E-state index is 0.708. The fourth-order valence-corrected chi connectivity index (χ4v) is 1.83. The maximum Gasteiger partial charge on any atom is 0.0556 e. The molecule has 12 heavy (non-hydrogen) atoms. The highest BCUT2D eigenvalue weighted by atomic mass is 35.5. The van der Waals surface area contributed by atoms with E-state index in [-0.39, 0.29) is 0 Å². The van der Waals surface area contributed by atoms with Gasteiger partial charge in [0.15, 0.2) is 0 Å². The SMILES string of the molecule is CCNSc1cc(Cl)ccc1Cl. The van der Waals surface area contributed by atoms with Crippen molar-refractivity contribution >= 4 is 35.1 Å². The van der Waals surface area contributed by atoms with Crippen LogP contribution in [0.25, 0.3) is 0 Å². The van der Waals surface area contributed by atoms with Crippen LogP contribution in [0.15, 0.2) is 23.1 Å². The van der Waals surface area contributed by atoms with Crippen molar-refractivity contribution in [2.75, 3.05) is 6.54 Å². The van der Waals surface area contributed by atoms with Crippen LogP contribution in [0.4, 0.5) is 0 Å². The standard InChI is InChI=1S/C8H9Cl2NS/c1-2-11-12-8-5-6(9)3-4-7(8)10/h3-5,11H,2H2,1H3. The van der Waals surface area contributed by atoms with Gasteiger partial charge in [-0.2, -0.15) is 0 Å². The molecule has 1 rings (SSSR count). The fourth-order valence-electron chi connectivity index (χ4n) is 0.705. The minimum absolute atomic E-state index is 0.708. The molecule has 0 spiro atoms. The summed E-state index contributed by atoms with van der Waals surface area (Å²) >= 11 is 13.2. The molecular formula is C8H9Cl2NS. The monoisotopic (exact) mass is 221 g/mol. The van der Waals surface area contributed by atoms with Gasteiger partial charge in [0.25, 0.3) is 0 Å². The molecule has 0 bridgehead atoms. The summed E-state index contributed by atoms with van der Waals surface area (Å²) in [7, 11) is 0. The highest BCUT2D eigenvalue weighted by molar-refractivity contribution is 7.97. The first-order chi connectivity index (χ1) is 5.74. The van der Waals surface area contributed by atoms with Gasteiger partial charge in [-0.15, -0.1) is 0 Å². The molecule has 0 saturated carbocycles. The number of hydrogen-bond acceptors (Lipinski definition) is 2. The average Bonchev–Trinajstić information content (AvgIpc) is 2.07. The highest BCUT2D eigenvalue weighted by Crippen LogP contribution is 2.27. The largest absolute Gasteiger partial charge is 0.260 e. The third-order valence-corrected chi connectivity index (χ3v) is 2.89. The van der Waals surface area contributed by atoms with Crippen LogP contribution in [0.5, 0.6) is 0 Å². The first-order valence-corrected chi connectivity index (χ1v) is 5.16. The van der Waals surface area contributed by atoms with E-state index in [2.05, 4.69) is 4.72 Å². The molecule has 0 aromatic heterocycles. The lowest BCUT2D eigenvalue weighted by molar-refractivity contribution is 1.03. The van der Waals surface area contributed by atoms with Crippen LogP contribution in [0.3, 0.4) is 0 Å². The number of nitrogens with one attached hydrogen (secondary N) is 1. The predicted octanol–water partition coefficient (Wildman–Crippen LogP) is 3.61. The summed E-state index contributed by atoms with van der Waals surface area (Å²) in [5.74, 6) is 0. The van der Waals surface area contributed by atoms with E-state index in [4.69, 9.17) is 23.2 Å². The van der Waals surface area contributed by atoms with Gasteiger partial charge in [0.2, 0.25) is 0 Å². The molecule has 0 unspecified atom stereocenters. The van der Waals surface area contributed by atoms with Crippen LogP contribution in [0.2, 0.25) is 10.0 Å². The minimum Gasteiger partial charge on any atom is -0.260 e. The van der Waals surface area contributed by atoms with Crippen molar-refractivity contribution in [2.45, 2.75) is 11.8 Å². The van der Waals surface area contributed by atoms with Crippen molar-refractivity contribution in [3.8, 4) is 0 Å². The zero-order chi connectivity index (χ0) is 8.97. The van der Waals surface area contributed by atoms with Crippen LogP contribution in [0, 0.1) is 0 Å². The van der Waals surface area contributed by atoms with E-state index in [1.54, 1.807) is 12.1 Å². The zero-order valence-corrected chi connectivity index (χ0v) is 8.93. The molecule has 0 atom stereocenters. The first kappa shape index (κ1) is 10.2. The molecule has 1 N–H and O–H groups in total. The van der Waals surface area contributed by atoms with Crippen LogP contribution >= 0.6 is 35.1 Å². The second-order valence-corrected chi connectivity index (χ2v) is 3.95. The van der Waals surface area contributed by atoms with E-state index in [9.17, 15) is 0 Å². The molecule has 4 heteroatoms. The Morgan fingerprint density at radius 2 is 2.17 bits per heavy atom. The number of halogens is 2. The van der Waals surface area contributed by atoms with Gasteiger partial charge in [-0.25, -0.2) is 0 Å². The lowest BCUT2D eigenvalue weighted by Crippen LogP contribution is -2.00. The number of rotatable bonds is 3. The molecule has 1 aromatic carbocycles. The van der Waals surface area contributed by atoms with Gasteiger partial charge in [-0.1, -0.05) is 30.1 Å². The molecule has 1 aromatic rings. The van der Waals surface area contributed by atoms with Crippen LogP contribution in [-0.2, 0) is 0 Å². The van der Waals surface area contributed by atoms with Gasteiger partial charge < -0.3 is 0 Å². The smallest absolute Gasteiger partial charge is 0.0556 e. The normalized spacial score (nSPS) is 10.2. The van der Waals surface area contributed by atoms with Crippen LogP contribution < -0.4 is 4.72 Å². The summed E-state index contributed by atoms with van der Waals surface area (Å²) in [5.41, 5.74) is 0. The van der Waals surface area contributed by atoms with E-state index in [0.29, 0.717) is 5.02 Å². The molecule has 0 amide bonds. The Hall–Kier alpha value is 0.110. The molecule has 0 aliphatic carbocycles. The molecule has 0 aliphatic rings. The van der Waals surface area contributed by atoms with E-state index >= 15 is 0 Å².